The quantitative estimate of drug-likeness (QED) is 0.821. The van der Waals surface area contributed by atoms with Crippen molar-refractivity contribution >= 4 is 5.78 Å². The van der Waals surface area contributed by atoms with Crippen molar-refractivity contribution in [1.82, 2.24) is 5.32 Å². The van der Waals surface area contributed by atoms with Gasteiger partial charge in [0.2, 0.25) is 0 Å². The number of halogens is 6. The fourth-order valence-electron chi connectivity index (χ4n) is 2.78. The highest BCUT2D eigenvalue weighted by molar-refractivity contribution is 5.81. The Morgan fingerprint density at radius 1 is 0.958 bits per heavy atom. The van der Waals surface area contributed by atoms with E-state index in [9.17, 15) is 31.1 Å². The second-order valence-electron chi connectivity index (χ2n) is 5.90. The summed E-state index contributed by atoms with van der Waals surface area (Å²) in [6.07, 6.45) is -8.62. The first kappa shape index (κ1) is 18.8. The molecule has 1 aromatic carbocycles. The van der Waals surface area contributed by atoms with Crippen LogP contribution >= 0.6 is 0 Å². The van der Waals surface area contributed by atoms with Crippen molar-refractivity contribution in [2.45, 2.75) is 38.0 Å². The lowest BCUT2D eigenvalue weighted by Crippen LogP contribution is -2.31. The number of ketones is 1. The van der Waals surface area contributed by atoms with Gasteiger partial charge in [0.05, 0.1) is 11.1 Å². The molecule has 1 fully saturated rings. The third-order valence-corrected chi connectivity index (χ3v) is 4.10. The minimum atomic E-state index is -4.87. The standard InChI is InChI=1S/C16H17F6NO/c17-15(18,19)12-7-10(8-13(9-12)16(20,21)22)1-2-14(24)11-3-5-23-6-4-11/h7-9,11,23H,1-6H2. The predicted octanol–water partition coefficient (Wildman–Crippen LogP) is 4.23. The van der Waals surface area contributed by atoms with E-state index in [-0.39, 0.29) is 36.2 Å². The van der Waals surface area contributed by atoms with Crippen LogP contribution in [0.3, 0.4) is 0 Å². The molecule has 0 radical (unpaired) electrons. The van der Waals surface area contributed by atoms with Gasteiger partial charge in [-0.05, 0) is 56.1 Å². The topological polar surface area (TPSA) is 29.1 Å². The summed E-state index contributed by atoms with van der Waals surface area (Å²) in [7, 11) is 0. The lowest BCUT2D eigenvalue weighted by molar-refractivity contribution is -0.143. The van der Waals surface area contributed by atoms with Crippen molar-refractivity contribution < 1.29 is 31.1 Å². The highest BCUT2D eigenvalue weighted by Crippen LogP contribution is 2.36. The van der Waals surface area contributed by atoms with Crippen LogP contribution in [-0.4, -0.2) is 18.9 Å². The van der Waals surface area contributed by atoms with E-state index in [1.165, 1.54) is 0 Å². The summed E-state index contributed by atoms with van der Waals surface area (Å²) in [5.41, 5.74) is -2.82. The first-order chi connectivity index (χ1) is 11.1. The zero-order valence-corrected chi connectivity index (χ0v) is 12.7. The van der Waals surface area contributed by atoms with Crippen LogP contribution in [0.25, 0.3) is 0 Å². The number of nitrogens with one attached hydrogen (secondary N) is 1. The lowest BCUT2D eigenvalue weighted by atomic mass is 9.90. The summed E-state index contributed by atoms with van der Waals surface area (Å²) in [6, 6.07) is 1.47. The Labute approximate surface area is 135 Å². The molecular weight excluding hydrogens is 336 g/mol. The smallest absolute Gasteiger partial charge is 0.317 e. The predicted molar refractivity (Wildman–Crippen MR) is 75.4 cm³/mol. The molecular formula is C16H17F6NO. The molecule has 8 heteroatoms. The number of Topliss-reactive ketones (excluding diaryl/α,β-unsaturated/α-hetero) is 1. The molecule has 1 heterocycles. The molecule has 0 saturated carbocycles. The van der Waals surface area contributed by atoms with Crippen molar-refractivity contribution in [3.05, 3.63) is 34.9 Å². The number of benzene rings is 1. The Balaban J connectivity index is 2.15. The van der Waals surface area contributed by atoms with Crippen LogP contribution in [-0.2, 0) is 23.6 Å². The van der Waals surface area contributed by atoms with Crippen molar-refractivity contribution in [2.75, 3.05) is 13.1 Å². The number of carbonyl (C=O) groups is 1. The number of piperidine rings is 1. The fourth-order valence-corrected chi connectivity index (χ4v) is 2.78. The number of carbonyl (C=O) groups excluding carboxylic acids is 1. The Kier molecular flexibility index (Phi) is 5.57. The maximum Gasteiger partial charge on any atom is 0.416 e. The van der Waals surface area contributed by atoms with E-state index in [1.54, 1.807) is 0 Å². The molecule has 0 atom stereocenters. The molecule has 0 unspecified atom stereocenters. The number of hydrogen-bond donors (Lipinski definition) is 1. The van der Waals surface area contributed by atoms with Gasteiger partial charge in [-0.25, -0.2) is 0 Å². The van der Waals surface area contributed by atoms with Gasteiger partial charge >= 0.3 is 12.4 Å². The SMILES string of the molecule is O=C(CCc1cc(C(F)(F)F)cc(C(F)(F)F)c1)C1CCNCC1. The Morgan fingerprint density at radius 3 is 1.92 bits per heavy atom. The molecule has 24 heavy (non-hydrogen) atoms. The van der Waals surface area contributed by atoms with Crippen LogP contribution in [0.4, 0.5) is 26.3 Å². The van der Waals surface area contributed by atoms with Crippen LogP contribution in [0.15, 0.2) is 18.2 Å². The van der Waals surface area contributed by atoms with E-state index >= 15 is 0 Å². The van der Waals surface area contributed by atoms with E-state index in [4.69, 9.17) is 0 Å². The van der Waals surface area contributed by atoms with Gasteiger partial charge < -0.3 is 5.32 Å². The first-order valence-electron chi connectivity index (χ1n) is 7.59. The van der Waals surface area contributed by atoms with E-state index in [0.717, 1.165) is 0 Å². The molecule has 1 N–H and O–H groups in total. The third kappa shape index (κ3) is 4.96. The number of rotatable bonds is 4. The van der Waals surface area contributed by atoms with Gasteiger partial charge in [0.25, 0.3) is 0 Å². The van der Waals surface area contributed by atoms with Gasteiger partial charge in [-0.2, -0.15) is 26.3 Å². The average Bonchev–Trinajstić information content (AvgIpc) is 2.51. The second-order valence-corrected chi connectivity index (χ2v) is 5.90. The summed E-state index contributed by atoms with van der Waals surface area (Å²) in [5.74, 6) is -0.276. The molecule has 0 amide bonds. The van der Waals surface area contributed by atoms with E-state index in [1.807, 2.05) is 0 Å². The Hall–Kier alpha value is -1.57. The summed E-state index contributed by atoms with van der Waals surface area (Å²) < 4.78 is 76.7. The summed E-state index contributed by atoms with van der Waals surface area (Å²) >= 11 is 0. The fraction of sp³-hybridized carbons (Fsp3) is 0.562. The molecule has 1 aromatic rings. The largest absolute Gasteiger partial charge is 0.416 e. The highest BCUT2D eigenvalue weighted by atomic mass is 19.4. The van der Waals surface area contributed by atoms with Gasteiger partial charge in [-0.1, -0.05) is 0 Å². The molecule has 0 aromatic heterocycles. The van der Waals surface area contributed by atoms with Crippen molar-refractivity contribution in [2.24, 2.45) is 5.92 Å². The van der Waals surface area contributed by atoms with Crippen molar-refractivity contribution in [3.8, 4) is 0 Å². The molecule has 2 rings (SSSR count). The molecule has 0 aliphatic carbocycles. The first-order valence-corrected chi connectivity index (χ1v) is 7.59. The summed E-state index contributed by atoms with van der Waals surface area (Å²) in [5, 5.41) is 3.09. The summed E-state index contributed by atoms with van der Waals surface area (Å²) in [4.78, 5) is 12.1. The summed E-state index contributed by atoms with van der Waals surface area (Å²) in [6.45, 7) is 1.39. The number of alkyl halides is 6. The molecule has 134 valence electrons. The average molecular weight is 353 g/mol. The lowest BCUT2D eigenvalue weighted by Gasteiger charge is -2.21. The minimum absolute atomic E-state index is 0.0523. The molecule has 2 nitrogen and oxygen atoms in total. The van der Waals surface area contributed by atoms with Gasteiger partial charge in [-0.3, -0.25) is 4.79 Å². The van der Waals surface area contributed by atoms with Crippen LogP contribution in [0.5, 0.6) is 0 Å². The zero-order chi connectivity index (χ0) is 18.0. The van der Waals surface area contributed by atoms with Crippen LogP contribution in [0.2, 0.25) is 0 Å². The number of aryl methyl sites for hydroxylation is 1. The van der Waals surface area contributed by atoms with Crippen LogP contribution < -0.4 is 5.32 Å². The third-order valence-electron chi connectivity index (χ3n) is 4.10. The molecule has 1 aliphatic heterocycles. The molecule has 0 spiro atoms. The van der Waals surface area contributed by atoms with Crippen molar-refractivity contribution in [1.29, 1.82) is 0 Å². The van der Waals surface area contributed by atoms with Gasteiger partial charge in [-0.15, -0.1) is 0 Å². The Morgan fingerprint density at radius 2 is 1.46 bits per heavy atom. The maximum absolute atomic E-state index is 12.8. The zero-order valence-electron chi connectivity index (χ0n) is 12.7. The Bertz CT molecular complexity index is 555. The maximum atomic E-state index is 12.8. The normalized spacial score (nSPS) is 17.1. The van der Waals surface area contributed by atoms with E-state index in [2.05, 4.69) is 5.32 Å². The van der Waals surface area contributed by atoms with Gasteiger partial charge in [0, 0.05) is 12.3 Å². The van der Waals surface area contributed by atoms with E-state index in [0.29, 0.717) is 38.1 Å². The van der Waals surface area contributed by atoms with Crippen LogP contribution in [0, 0.1) is 5.92 Å². The monoisotopic (exact) mass is 353 g/mol. The highest BCUT2D eigenvalue weighted by Gasteiger charge is 2.36. The van der Waals surface area contributed by atoms with E-state index < -0.39 is 23.5 Å². The number of hydrogen-bond acceptors (Lipinski definition) is 2. The molecule has 1 aliphatic rings. The van der Waals surface area contributed by atoms with Crippen molar-refractivity contribution in [3.63, 3.8) is 0 Å². The van der Waals surface area contributed by atoms with Gasteiger partial charge in [0.15, 0.2) is 0 Å². The van der Waals surface area contributed by atoms with Gasteiger partial charge in [0.1, 0.15) is 5.78 Å². The minimum Gasteiger partial charge on any atom is -0.317 e. The van der Waals surface area contributed by atoms with Crippen LogP contribution in [0.1, 0.15) is 36.0 Å². The molecule has 0 bridgehead atoms. The molecule has 1 saturated heterocycles. The second kappa shape index (κ2) is 7.13.